The van der Waals surface area contributed by atoms with Crippen molar-refractivity contribution in [2.24, 2.45) is 0 Å². The van der Waals surface area contributed by atoms with E-state index in [4.69, 9.17) is 22.1 Å². The standard InChI is InChI=1S/C14H14ClN3O3S/c1-3-21-14(20)10-11(16)17-18(13(10)22-2)12(19)8-6-4-5-7-9(8)15/h4-7H,3H2,1-2H3,(H2,16,17). The van der Waals surface area contributed by atoms with E-state index in [-0.39, 0.29) is 23.6 Å². The first-order valence-electron chi connectivity index (χ1n) is 6.40. The summed E-state index contributed by atoms with van der Waals surface area (Å²) in [6.07, 6.45) is 1.72. The van der Waals surface area contributed by atoms with Crippen LogP contribution < -0.4 is 5.73 Å². The maximum absolute atomic E-state index is 12.6. The highest BCUT2D eigenvalue weighted by molar-refractivity contribution is 7.98. The lowest BCUT2D eigenvalue weighted by atomic mass is 10.2. The molecule has 0 spiro atoms. The zero-order valence-electron chi connectivity index (χ0n) is 12.0. The second kappa shape index (κ2) is 6.85. The fourth-order valence-electron chi connectivity index (χ4n) is 1.89. The Kier molecular flexibility index (Phi) is 5.10. The summed E-state index contributed by atoms with van der Waals surface area (Å²) >= 11 is 7.21. The Morgan fingerprint density at radius 3 is 2.68 bits per heavy atom. The van der Waals surface area contributed by atoms with Crippen LogP contribution in [-0.2, 0) is 4.74 Å². The van der Waals surface area contributed by atoms with Gasteiger partial charge in [-0.15, -0.1) is 16.9 Å². The third-order valence-electron chi connectivity index (χ3n) is 2.84. The summed E-state index contributed by atoms with van der Waals surface area (Å²) in [5, 5.41) is 4.58. The average molecular weight is 340 g/mol. The molecule has 0 radical (unpaired) electrons. The minimum atomic E-state index is -0.609. The summed E-state index contributed by atoms with van der Waals surface area (Å²) in [5.74, 6) is -1.12. The van der Waals surface area contributed by atoms with Crippen molar-refractivity contribution in [3.8, 4) is 0 Å². The van der Waals surface area contributed by atoms with E-state index in [2.05, 4.69) is 5.10 Å². The zero-order chi connectivity index (χ0) is 16.3. The summed E-state index contributed by atoms with van der Waals surface area (Å²) in [6, 6.07) is 6.59. The zero-order valence-corrected chi connectivity index (χ0v) is 13.6. The predicted molar refractivity (Wildman–Crippen MR) is 85.6 cm³/mol. The molecule has 6 nitrogen and oxygen atoms in total. The van der Waals surface area contributed by atoms with Gasteiger partial charge in [0.25, 0.3) is 5.91 Å². The Hall–Kier alpha value is -1.99. The molecule has 2 rings (SSSR count). The Labute approximate surface area is 136 Å². The van der Waals surface area contributed by atoms with Crippen molar-refractivity contribution in [3.05, 3.63) is 40.4 Å². The van der Waals surface area contributed by atoms with Crippen LogP contribution in [0.25, 0.3) is 0 Å². The molecule has 2 N–H and O–H groups in total. The summed E-state index contributed by atoms with van der Waals surface area (Å²) in [6.45, 7) is 1.89. The maximum atomic E-state index is 12.6. The molecular weight excluding hydrogens is 326 g/mol. The molecule has 0 unspecified atom stereocenters. The van der Waals surface area contributed by atoms with Crippen molar-refractivity contribution < 1.29 is 14.3 Å². The third-order valence-corrected chi connectivity index (χ3v) is 3.93. The van der Waals surface area contributed by atoms with E-state index in [9.17, 15) is 9.59 Å². The lowest BCUT2D eigenvalue weighted by molar-refractivity contribution is 0.0523. The first kappa shape index (κ1) is 16.4. The van der Waals surface area contributed by atoms with Gasteiger partial charge in [-0.25, -0.2) is 4.79 Å². The van der Waals surface area contributed by atoms with Gasteiger partial charge < -0.3 is 10.5 Å². The van der Waals surface area contributed by atoms with Crippen LogP contribution in [0, 0.1) is 0 Å². The SMILES string of the molecule is CCOC(=O)c1c(N)nn(C(=O)c2ccccc2Cl)c1SC. The van der Waals surface area contributed by atoms with Gasteiger partial charge in [0.2, 0.25) is 0 Å². The highest BCUT2D eigenvalue weighted by Crippen LogP contribution is 2.28. The van der Waals surface area contributed by atoms with Gasteiger partial charge in [-0.2, -0.15) is 4.68 Å². The minimum absolute atomic E-state index is 0.0526. The highest BCUT2D eigenvalue weighted by Gasteiger charge is 2.27. The smallest absolute Gasteiger partial charge is 0.344 e. The van der Waals surface area contributed by atoms with Crippen molar-refractivity contribution in [1.29, 1.82) is 0 Å². The van der Waals surface area contributed by atoms with Crippen molar-refractivity contribution in [1.82, 2.24) is 9.78 Å². The Bertz CT molecular complexity index is 730. The molecule has 0 fully saturated rings. The molecule has 2 aromatic rings. The molecule has 8 heteroatoms. The number of halogens is 1. The number of hydrogen-bond donors (Lipinski definition) is 1. The van der Waals surface area contributed by atoms with Crippen LogP contribution in [0.1, 0.15) is 27.6 Å². The van der Waals surface area contributed by atoms with Crippen molar-refractivity contribution >= 4 is 41.1 Å². The average Bonchev–Trinajstić information content (AvgIpc) is 2.84. The molecule has 0 atom stereocenters. The number of nitrogen functional groups attached to an aromatic ring is 1. The molecule has 0 bridgehead atoms. The second-order valence-corrected chi connectivity index (χ2v) is 5.39. The van der Waals surface area contributed by atoms with Gasteiger partial charge in [-0.1, -0.05) is 23.7 Å². The van der Waals surface area contributed by atoms with Crippen molar-refractivity contribution in [2.75, 3.05) is 18.6 Å². The summed E-state index contributed by atoms with van der Waals surface area (Å²) in [5.41, 5.74) is 6.14. The fourth-order valence-corrected chi connectivity index (χ4v) is 2.79. The van der Waals surface area contributed by atoms with E-state index in [1.54, 1.807) is 37.4 Å². The Balaban J connectivity index is 2.53. The van der Waals surface area contributed by atoms with E-state index in [1.807, 2.05) is 0 Å². The lowest BCUT2D eigenvalue weighted by Crippen LogP contribution is -2.16. The molecule has 0 aliphatic rings. The van der Waals surface area contributed by atoms with Gasteiger partial charge in [0.15, 0.2) is 5.82 Å². The van der Waals surface area contributed by atoms with Crippen LogP contribution in [0.5, 0.6) is 0 Å². The second-order valence-electron chi connectivity index (χ2n) is 4.19. The number of thioether (sulfide) groups is 1. The molecule has 0 amide bonds. The summed E-state index contributed by atoms with van der Waals surface area (Å²) < 4.78 is 6.03. The number of carbonyl (C=O) groups excluding carboxylic acids is 2. The van der Waals surface area contributed by atoms with Crippen molar-refractivity contribution in [2.45, 2.75) is 11.9 Å². The molecule has 0 aliphatic carbocycles. The van der Waals surface area contributed by atoms with Crippen LogP contribution in [0.2, 0.25) is 5.02 Å². The Morgan fingerprint density at radius 2 is 2.09 bits per heavy atom. The molecular formula is C14H14ClN3O3S. The minimum Gasteiger partial charge on any atom is -0.462 e. The molecule has 0 saturated heterocycles. The van der Waals surface area contributed by atoms with Crippen LogP contribution in [0.3, 0.4) is 0 Å². The van der Waals surface area contributed by atoms with Crippen LogP contribution in [-0.4, -0.2) is 34.5 Å². The number of nitrogens with zero attached hydrogens (tertiary/aromatic N) is 2. The monoisotopic (exact) mass is 339 g/mol. The number of esters is 1. The molecule has 1 aromatic carbocycles. The van der Waals surface area contributed by atoms with Crippen LogP contribution in [0.4, 0.5) is 5.82 Å². The lowest BCUT2D eigenvalue weighted by Gasteiger charge is -2.07. The molecule has 1 heterocycles. The van der Waals surface area contributed by atoms with Crippen LogP contribution in [0.15, 0.2) is 29.3 Å². The normalized spacial score (nSPS) is 10.5. The quantitative estimate of drug-likeness (QED) is 0.680. The first-order valence-corrected chi connectivity index (χ1v) is 8.00. The number of anilines is 1. The number of ether oxygens (including phenoxy) is 1. The van der Waals surface area contributed by atoms with E-state index in [0.29, 0.717) is 10.0 Å². The van der Waals surface area contributed by atoms with Gasteiger partial charge in [0.05, 0.1) is 17.2 Å². The Morgan fingerprint density at radius 1 is 1.41 bits per heavy atom. The maximum Gasteiger partial charge on any atom is 0.344 e. The van der Waals surface area contributed by atoms with E-state index < -0.39 is 11.9 Å². The topological polar surface area (TPSA) is 87.2 Å². The van der Waals surface area contributed by atoms with E-state index in [0.717, 1.165) is 4.68 Å². The molecule has 0 saturated carbocycles. The predicted octanol–water partition coefficient (Wildman–Crippen LogP) is 2.71. The first-order chi connectivity index (χ1) is 10.5. The molecule has 116 valence electrons. The number of hydrogen-bond acceptors (Lipinski definition) is 6. The van der Waals surface area contributed by atoms with E-state index >= 15 is 0 Å². The van der Waals surface area contributed by atoms with Crippen LogP contribution >= 0.6 is 23.4 Å². The molecule has 22 heavy (non-hydrogen) atoms. The largest absolute Gasteiger partial charge is 0.462 e. The highest BCUT2D eigenvalue weighted by atomic mass is 35.5. The molecule has 0 aliphatic heterocycles. The van der Waals surface area contributed by atoms with Gasteiger partial charge in [0.1, 0.15) is 10.6 Å². The van der Waals surface area contributed by atoms with Gasteiger partial charge >= 0.3 is 5.97 Å². The number of rotatable bonds is 4. The molecule has 1 aromatic heterocycles. The summed E-state index contributed by atoms with van der Waals surface area (Å²) in [7, 11) is 0. The van der Waals surface area contributed by atoms with Crippen molar-refractivity contribution in [3.63, 3.8) is 0 Å². The third kappa shape index (κ3) is 2.95. The van der Waals surface area contributed by atoms with Gasteiger partial charge in [0, 0.05) is 0 Å². The van der Waals surface area contributed by atoms with Gasteiger partial charge in [-0.05, 0) is 25.3 Å². The van der Waals surface area contributed by atoms with E-state index in [1.165, 1.54) is 11.8 Å². The number of nitrogens with two attached hydrogens (primary N) is 1. The number of carbonyl (C=O) groups is 2. The summed E-state index contributed by atoms with van der Waals surface area (Å²) in [4.78, 5) is 24.6. The number of aromatic nitrogens is 2. The number of benzene rings is 1. The van der Waals surface area contributed by atoms with Gasteiger partial charge in [-0.3, -0.25) is 4.79 Å². The fraction of sp³-hybridized carbons (Fsp3) is 0.214.